The minimum Gasteiger partial charge on any atom is -0.292 e. The van der Waals surface area contributed by atoms with E-state index in [0.29, 0.717) is 5.56 Å². The van der Waals surface area contributed by atoms with Gasteiger partial charge in [0.15, 0.2) is 5.78 Å². The molecule has 2 unspecified atom stereocenters. The van der Waals surface area contributed by atoms with Crippen LogP contribution < -0.4 is 0 Å². The summed E-state index contributed by atoms with van der Waals surface area (Å²) in [7, 11) is 0. The number of carbonyl (C=O) groups is 3. The summed E-state index contributed by atoms with van der Waals surface area (Å²) in [5.41, 5.74) is 0.519. The van der Waals surface area contributed by atoms with Gasteiger partial charge in [-0.25, -0.2) is 0 Å². The van der Waals surface area contributed by atoms with Crippen LogP contribution in [0.15, 0.2) is 30.3 Å². The van der Waals surface area contributed by atoms with Crippen molar-refractivity contribution in [2.45, 2.75) is 13.8 Å². The van der Waals surface area contributed by atoms with E-state index in [-0.39, 0.29) is 36.0 Å². The largest absolute Gasteiger partial charge is 0.292 e. The summed E-state index contributed by atoms with van der Waals surface area (Å²) in [4.78, 5) is 36.7. The van der Waals surface area contributed by atoms with Crippen molar-refractivity contribution in [2.24, 2.45) is 11.8 Å². The summed E-state index contributed by atoms with van der Waals surface area (Å²) in [5, 5.41) is 0. The van der Waals surface area contributed by atoms with Gasteiger partial charge in [0, 0.05) is 17.4 Å². The number of benzene rings is 1. The van der Waals surface area contributed by atoms with Crippen LogP contribution >= 0.6 is 0 Å². The van der Waals surface area contributed by atoms with Crippen LogP contribution in [0.3, 0.4) is 0 Å². The number of hydrogen-bond donors (Lipinski definition) is 0. The first-order chi connectivity index (χ1) is 8.52. The van der Waals surface area contributed by atoms with E-state index in [2.05, 4.69) is 0 Å². The standard InChI is InChI=1S/C14H15NO3/c1-9-10(2)14(18)15(13(9)17)8-12(16)11-6-4-3-5-7-11/h3-7,9-10H,8H2,1-2H3. The molecule has 1 heterocycles. The van der Waals surface area contributed by atoms with E-state index < -0.39 is 0 Å². The molecule has 0 spiro atoms. The summed E-state index contributed by atoms with van der Waals surface area (Å²) < 4.78 is 0. The topological polar surface area (TPSA) is 54.5 Å². The lowest BCUT2D eigenvalue weighted by atomic mass is 10.00. The molecule has 4 nitrogen and oxygen atoms in total. The van der Waals surface area contributed by atoms with E-state index in [9.17, 15) is 14.4 Å². The Morgan fingerprint density at radius 2 is 1.56 bits per heavy atom. The maximum absolute atomic E-state index is 12.0. The lowest BCUT2D eigenvalue weighted by molar-refractivity contribution is -0.139. The Kier molecular flexibility index (Phi) is 3.28. The predicted octanol–water partition coefficient (Wildman–Crippen LogP) is 1.51. The van der Waals surface area contributed by atoms with Gasteiger partial charge in [0.05, 0.1) is 6.54 Å². The third kappa shape index (κ3) is 2.06. The van der Waals surface area contributed by atoms with Gasteiger partial charge in [-0.15, -0.1) is 0 Å². The van der Waals surface area contributed by atoms with Gasteiger partial charge >= 0.3 is 0 Å². The fourth-order valence-corrected chi connectivity index (χ4v) is 2.04. The van der Waals surface area contributed by atoms with Gasteiger partial charge in [0.1, 0.15) is 0 Å². The number of nitrogens with zero attached hydrogens (tertiary/aromatic N) is 1. The van der Waals surface area contributed by atoms with Gasteiger partial charge in [-0.1, -0.05) is 44.2 Å². The van der Waals surface area contributed by atoms with Crippen LogP contribution in [0.5, 0.6) is 0 Å². The monoisotopic (exact) mass is 245 g/mol. The first kappa shape index (κ1) is 12.5. The molecule has 1 aliphatic heterocycles. The highest BCUT2D eigenvalue weighted by Gasteiger charge is 2.42. The fraction of sp³-hybridized carbons (Fsp3) is 0.357. The van der Waals surface area contributed by atoms with Crippen molar-refractivity contribution in [1.29, 1.82) is 0 Å². The van der Waals surface area contributed by atoms with Gasteiger partial charge in [0.25, 0.3) is 0 Å². The Labute approximate surface area is 106 Å². The molecule has 2 amide bonds. The molecule has 0 saturated carbocycles. The Bertz CT molecular complexity index is 475. The number of carbonyl (C=O) groups excluding carboxylic acids is 3. The van der Waals surface area contributed by atoms with Crippen LogP contribution in [-0.4, -0.2) is 29.0 Å². The zero-order valence-corrected chi connectivity index (χ0v) is 10.4. The van der Waals surface area contributed by atoms with Gasteiger partial charge in [-0.2, -0.15) is 0 Å². The van der Waals surface area contributed by atoms with Crippen LogP contribution in [0.2, 0.25) is 0 Å². The van der Waals surface area contributed by atoms with Crippen molar-refractivity contribution in [3.8, 4) is 0 Å². The normalized spacial score (nSPS) is 23.6. The maximum Gasteiger partial charge on any atom is 0.233 e. The highest BCUT2D eigenvalue weighted by molar-refractivity contribution is 6.09. The average Bonchev–Trinajstić information content (AvgIpc) is 2.57. The molecule has 4 heteroatoms. The summed E-state index contributed by atoms with van der Waals surface area (Å²) in [6.07, 6.45) is 0. The SMILES string of the molecule is CC1C(=O)N(CC(=O)c2ccccc2)C(=O)C1C. The second-order valence-corrected chi connectivity index (χ2v) is 4.63. The Hall–Kier alpha value is -1.97. The minimum absolute atomic E-state index is 0.156. The van der Waals surface area contributed by atoms with Crippen LogP contribution in [0.4, 0.5) is 0 Å². The zero-order chi connectivity index (χ0) is 13.3. The highest BCUT2D eigenvalue weighted by Crippen LogP contribution is 2.25. The van der Waals surface area contributed by atoms with Crippen LogP contribution in [-0.2, 0) is 9.59 Å². The lowest BCUT2D eigenvalue weighted by Crippen LogP contribution is -2.35. The number of likely N-dealkylation sites (tertiary alicyclic amines) is 1. The maximum atomic E-state index is 12.0. The Morgan fingerprint density at radius 1 is 1.06 bits per heavy atom. The fourth-order valence-electron chi connectivity index (χ4n) is 2.04. The molecular weight excluding hydrogens is 230 g/mol. The molecule has 1 aromatic carbocycles. The third-order valence-electron chi connectivity index (χ3n) is 3.46. The smallest absolute Gasteiger partial charge is 0.233 e. The quantitative estimate of drug-likeness (QED) is 0.599. The van der Waals surface area contributed by atoms with Crippen LogP contribution in [0.25, 0.3) is 0 Å². The van der Waals surface area contributed by atoms with Gasteiger partial charge in [-0.05, 0) is 0 Å². The first-order valence-corrected chi connectivity index (χ1v) is 5.96. The van der Waals surface area contributed by atoms with E-state index >= 15 is 0 Å². The zero-order valence-electron chi connectivity index (χ0n) is 10.4. The van der Waals surface area contributed by atoms with Crippen LogP contribution in [0.1, 0.15) is 24.2 Å². The van der Waals surface area contributed by atoms with E-state index in [1.165, 1.54) is 0 Å². The lowest BCUT2D eigenvalue weighted by Gasteiger charge is -2.13. The van der Waals surface area contributed by atoms with Crippen molar-refractivity contribution in [1.82, 2.24) is 4.90 Å². The summed E-state index contributed by atoms with van der Waals surface area (Å²) in [6, 6.07) is 8.69. The number of Topliss-reactive ketones (excluding diaryl/α,β-unsaturated/α-hetero) is 1. The third-order valence-corrected chi connectivity index (χ3v) is 3.46. The predicted molar refractivity (Wildman–Crippen MR) is 65.8 cm³/mol. The van der Waals surface area contributed by atoms with Crippen molar-refractivity contribution in [3.05, 3.63) is 35.9 Å². The molecule has 1 saturated heterocycles. The molecule has 18 heavy (non-hydrogen) atoms. The van der Waals surface area contributed by atoms with Gasteiger partial charge in [-0.3, -0.25) is 19.3 Å². The molecule has 0 radical (unpaired) electrons. The highest BCUT2D eigenvalue weighted by atomic mass is 16.2. The van der Waals surface area contributed by atoms with Crippen molar-refractivity contribution in [2.75, 3.05) is 6.54 Å². The van der Waals surface area contributed by atoms with E-state index in [0.717, 1.165) is 4.90 Å². The molecule has 0 bridgehead atoms. The van der Waals surface area contributed by atoms with Crippen molar-refractivity contribution in [3.63, 3.8) is 0 Å². The summed E-state index contributed by atoms with van der Waals surface area (Å²) in [6.45, 7) is 3.28. The number of rotatable bonds is 3. The van der Waals surface area contributed by atoms with E-state index in [1.807, 2.05) is 6.07 Å². The molecular formula is C14H15NO3. The number of ketones is 1. The molecule has 2 rings (SSSR count). The second kappa shape index (κ2) is 4.72. The number of imide groups is 1. The van der Waals surface area contributed by atoms with Crippen molar-refractivity contribution < 1.29 is 14.4 Å². The Morgan fingerprint density at radius 3 is 2.06 bits per heavy atom. The summed E-state index contributed by atoms with van der Waals surface area (Å²) in [5.74, 6) is -1.38. The number of amides is 2. The van der Waals surface area contributed by atoms with Gasteiger partial charge in [0.2, 0.25) is 11.8 Å². The molecule has 1 aromatic rings. The molecule has 0 aliphatic carbocycles. The van der Waals surface area contributed by atoms with E-state index in [1.54, 1.807) is 38.1 Å². The molecule has 1 aliphatic rings. The molecule has 0 aromatic heterocycles. The molecule has 0 N–H and O–H groups in total. The van der Waals surface area contributed by atoms with Crippen molar-refractivity contribution >= 4 is 17.6 Å². The molecule has 94 valence electrons. The van der Waals surface area contributed by atoms with Crippen LogP contribution in [0, 0.1) is 11.8 Å². The minimum atomic E-state index is -0.332. The average molecular weight is 245 g/mol. The van der Waals surface area contributed by atoms with E-state index in [4.69, 9.17) is 0 Å². The summed E-state index contributed by atoms with van der Waals surface area (Å²) >= 11 is 0. The first-order valence-electron chi connectivity index (χ1n) is 5.96. The second-order valence-electron chi connectivity index (χ2n) is 4.63. The molecule has 2 atom stereocenters. The number of hydrogen-bond acceptors (Lipinski definition) is 3. The molecule has 1 fully saturated rings. The van der Waals surface area contributed by atoms with Gasteiger partial charge < -0.3 is 0 Å². The Balaban J connectivity index is 2.13.